The van der Waals surface area contributed by atoms with Gasteiger partial charge in [0.1, 0.15) is 6.04 Å². The van der Waals surface area contributed by atoms with Gasteiger partial charge in [0.25, 0.3) is 5.91 Å². The van der Waals surface area contributed by atoms with Crippen molar-refractivity contribution < 1.29 is 32.4 Å². The summed E-state index contributed by atoms with van der Waals surface area (Å²) >= 11 is 0. The monoisotopic (exact) mass is 733 g/mol. The van der Waals surface area contributed by atoms with E-state index in [1.54, 1.807) is 4.90 Å². The third-order valence-electron chi connectivity index (χ3n) is 12.0. The van der Waals surface area contributed by atoms with E-state index in [0.29, 0.717) is 32.4 Å². The van der Waals surface area contributed by atoms with Gasteiger partial charge in [-0.25, -0.2) is 13.2 Å². The normalized spacial score (nSPS) is 26.2. The van der Waals surface area contributed by atoms with E-state index in [4.69, 9.17) is 0 Å². The van der Waals surface area contributed by atoms with Crippen molar-refractivity contribution >= 4 is 39.4 Å². The van der Waals surface area contributed by atoms with Crippen molar-refractivity contribution in [3.8, 4) is 0 Å². The maximum atomic E-state index is 14.5. The number of piperidine rings is 1. The summed E-state index contributed by atoms with van der Waals surface area (Å²) in [7, 11) is -3.40. The van der Waals surface area contributed by atoms with Gasteiger partial charge in [0.2, 0.25) is 21.7 Å². The Bertz CT molecular complexity index is 1420. The highest BCUT2D eigenvalue weighted by Crippen LogP contribution is 2.65. The van der Waals surface area contributed by atoms with E-state index in [1.807, 2.05) is 27.7 Å². The Hall–Kier alpha value is -2.80. The molecule has 4 aliphatic rings. The number of rotatable bonds is 16. The smallest absolute Gasteiger partial charge is 0.315 e. The fraction of sp³-hybridized carbons (Fsp3) is 0.816. The number of amides is 4. The molecule has 4 rings (SSSR count). The molecule has 2 saturated heterocycles. The highest BCUT2D eigenvalue weighted by atomic mass is 32.2. The number of Topliss-reactive ketones (excluding diaryl/α,β-unsaturated/α-hetero) is 2. The van der Waals surface area contributed by atoms with Crippen molar-refractivity contribution in [1.29, 1.82) is 0 Å². The molecule has 2 aliphatic heterocycles. The van der Waals surface area contributed by atoms with Crippen LogP contribution < -0.4 is 16.0 Å². The highest BCUT2D eigenvalue weighted by Gasteiger charge is 2.69. The molecule has 0 aromatic carbocycles. The van der Waals surface area contributed by atoms with Crippen LogP contribution in [0.5, 0.6) is 0 Å². The number of likely N-dealkylation sites (tertiary alicyclic amines) is 1. The number of hydrogen-bond donors (Lipinski definition) is 3. The van der Waals surface area contributed by atoms with Gasteiger partial charge in [-0.15, -0.1) is 6.58 Å². The van der Waals surface area contributed by atoms with Crippen LogP contribution in [-0.2, 0) is 29.2 Å². The molecule has 288 valence electrons. The molecule has 4 amide bonds. The first-order valence-electron chi connectivity index (χ1n) is 19.2. The lowest BCUT2D eigenvalue weighted by Crippen LogP contribution is -2.61. The summed E-state index contributed by atoms with van der Waals surface area (Å²) in [5.74, 6) is -2.48. The lowest BCUT2D eigenvalue weighted by molar-refractivity contribution is -0.145. The van der Waals surface area contributed by atoms with Crippen LogP contribution in [0.3, 0.4) is 0 Å². The van der Waals surface area contributed by atoms with Crippen LogP contribution in [0.15, 0.2) is 12.7 Å². The van der Waals surface area contributed by atoms with Gasteiger partial charge in [-0.05, 0) is 60.7 Å². The van der Waals surface area contributed by atoms with Crippen molar-refractivity contribution in [3.05, 3.63) is 12.7 Å². The molecular formula is C38H63N5O7S. The average Bonchev–Trinajstić information content (AvgIpc) is 3.38. The second kappa shape index (κ2) is 16.9. The molecule has 2 heterocycles. The minimum atomic E-state index is -3.40. The number of carbonyl (C=O) groups excluding carboxylic acids is 5. The largest absolute Gasteiger partial charge is 0.346 e. The standard InChI is InChI=1S/C38H63N5O7S/c1-8-10-16-26(32(45)34(46)39-19-9-2)22-29(44)31-30-27(38(30,6)7)23-43(31)35(47)33(37(3,4)5)41-36(48)40-28(25-17-12-11-13-18-25)24-42-20-14-15-21-51(42,49)50/h9,25-28,30-31,33H,2,8,10-24H2,1,3-7H3,(H,39,46)(H2,40,41,48)/t26?,27-,28+,30-,31+,33+/m0/s1. The number of hydrogen-bond acceptors (Lipinski definition) is 7. The van der Waals surface area contributed by atoms with Gasteiger partial charge in [0.05, 0.1) is 11.8 Å². The first kappa shape index (κ1) is 41.0. The van der Waals surface area contributed by atoms with Crippen LogP contribution in [0.25, 0.3) is 0 Å². The molecule has 0 bridgehead atoms. The molecule has 0 radical (unpaired) electrons. The number of nitrogens with one attached hydrogen (secondary N) is 3. The van der Waals surface area contributed by atoms with Crippen molar-refractivity contribution in [2.75, 3.05) is 31.9 Å². The van der Waals surface area contributed by atoms with E-state index in [1.165, 1.54) is 10.4 Å². The fourth-order valence-corrected chi connectivity index (χ4v) is 10.4. The first-order chi connectivity index (χ1) is 23.9. The molecule has 0 aromatic heterocycles. The van der Waals surface area contributed by atoms with E-state index in [9.17, 15) is 32.4 Å². The Morgan fingerprint density at radius 3 is 2.29 bits per heavy atom. The Morgan fingerprint density at radius 2 is 1.69 bits per heavy atom. The molecule has 13 heteroatoms. The summed E-state index contributed by atoms with van der Waals surface area (Å²) < 4.78 is 27.3. The summed E-state index contributed by atoms with van der Waals surface area (Å²) in [6.45, 7) is 16.5. The lowest BCUT2D eigenvalue weighted by Gasteiger charge is -2.39. The summed E-state index contributed by atoms with van der Waals surface area (Å²) in [5, 5.41) is 8.59. The van der Waals surface area contributed by atoms with E-state index in [0.717, 1.165) is 44.9 Å². The van der Waals surface area contributed by atoms with Crippen molar-refractivity contribution in [2.24, 2.45) is 34.5 Å². The molecule has 12 nitrogen and oxygen atoms in total. The van der Waals surface area contributed by atoms with Gasteiger partial charge < -0.3 is 20.9 Å². The molecule has 6 atom stereocenters. The van der Waals surface area contributed by atoms with E-state index < -0.39 is 57.2 Å². The average molecular weight is 734 g/mol. The van der Waals surface area contributed by atoms with Gasteiger partial charge >= 0.3 is 6.03 Å². The van der Waals surface area contributed by atoms with Crippen LogP contribution >= 0.6 is 0 Å². The highest BCUT2D eigenvalue weighted by molar-refractivity contribution is 7.89. The molecular weight excluding hydrogens is 671 g/mol. The van der Waals surface area contributed by atoms with Crippen molar-refractivity contribution in [3.63, 3.8) is 0 Å². The summed E-state index contributed by atoms with van der Waals surface area (Å²) in [4.78, 5) is 70.0. The SMILES string of the molecule is C=CCNC(=O)C(=O)C(CCCC)CC(=O)[C@@H]1[C@@H]2[C@H](CN1C(=O)[C@@H](NC(=O)N[C@H](CN1CCCCS1(=O)=O)C1CCCCC1)C(C)(C)C)C2(C)C. The number of fused-ring (bicyclic) bond motifs is 1. The molecule has 3 N–H and O–H groups in total. The fourth-order valence-electron chi connectivity index (χ4n) is 8.73. The number of unbranched alkanes of at least 4 members (excludes halogenated alkanes) is 1. The van der Waals surface area contributed by atoms with Crippen LogP contribution in [0, 0.1) is 34.5 Å². The van der Waals surface area contributed by atoms with Gasteiger partial charge in [0.15, 0.2) is 5.78 Å². The third-order valence-corrected chi connectivity index (χ3v) is 13.9. The van der Waals surface area contributed by atoms with Crippen LogP contribution in [0.2, 0.25) is 0 Å². The molecule has 2 aliphatic carbocycles. The van der Waals surface area contributed by atoms with E-state index >= 15 is 0 Å². The zero-order chi connectivity index (χ0) is 37.7. The van der Waals surface area contributed by atoms with Gasteiger partial charge in [-0.3, -0.25) is 19.2 Å². The van der Waals surface area contributed by atoms with Gasteiger partial charge in [0, 0.05) is 44.6 Å². The van der Waals surface area contributed by atoms with E-state index in [2.05, 4.69) is 36.4 Å². The molecule has 1 unspecified atom stereocenters. The van der Waals surface area contributed by atoms with Crippen molar-refractivity contribution in [1.82, 2.24) is 25.2 Å². The molecule has 51 heavy (non-hydrogen) atoms. The van der Waals surface area contributed by atoms with E-state index in [-0.39, 0.29) is 60.1 Å². The minimum Gasteiger partial charge on any atom is -0.346 e. The Labute approximate surface area is 305 Å². The zero-order valence-corrected chi connectivity index (χ0v) is 32.6. The molecule has 0 spiro atoms. The van der Waals surface area contributed by atoms with Crippen LogP contribution in [0.1, 0.15) is 112 Å². The number of nitrogens with zero attached hydrogens (tertiary/aromatic N) is 2. The quantitative estimate of drug-likeness (QED) is 0.158. The Morgan fingerprint density at radius 1 is 1.00 bits per heavy atom. The Kier molecular flexibility index (Phi) is 13.6. The second-order valence-corrected chi connectivity index (χ2v) is 19.2. The number of urea groups is 1. The van der Waals surface area contributed by atoms with Gasteiger partial charge in [-0.1, -0.05) is 79.7 Å². The Balaban J connectivity index is 1.53. The molecule has 0 aromatic rings. The second-order valence-electron chi connectivity index (χ2n) is 17.1. The number of sulfonamides is 1. The predicted octanol–water partition coefficient (Wildman–Crippen LogP) is 4.19. The predicted molar refractivity (Wildman–Crippen MR) is 197 cm³/mol. The lowest BCUT2D eigenvalue weighted by atomic mass is 9.83. The van der Waals surface area contributed by atoms with Crippen molar-refractivity contribution in [2.45, 2.75) is 130 Å². The maximum Gasteiger partial charge on any atom is 0.315 e. The van der Waals surface area contributed by atoms with Gasteiger partial charge in [-0.2, -0.15) is 4.31 Å². The zero-order valence-electron chi connectivity index (χ0n) is 31.8. The molecule has 2 saturated carbocycles. The molecule has 4 fully saturated rings. The topological polar surface area (TPSA) is 162 Å². The summed E-state index contributed by atoms with van der Waals surface area (Å²) in [6.07, 6.45) is 9.60. The third kappa shape index (κ3) is 9.80. The minimum absolute atomic E-state index is 0.0814. The summed E-state index contributed by atoms with van der Waals surface area (Å²) in [5.41, 5.74) is -0.880. The van der Waals surface area contributed by atoms with Crippen LogP contribution in [-0.4, -0.2) is 97.1 Å². The summed E-state index contributed by atoms with van der Waals surface area (Å²) in [6, 6.07) is -2.66. The number of ketones is 2. The first-order valence-corrected chi connectivity index (χ1v) is 20.9. The number of carbonyl (C=O) groups is 5. The maximum absolute atomic E-state index is 14.5. The van der Waals surface area contributed by atoms with Crippen LogP contribution in [0.4, 0.5) is 4.79 Å².